The molecule has 0 bridgehead atoms. The van der Waals surface area contributed by atoms with Gasteiger partial charge in [0.2, 0.25) is 5.95 Å². The fourth-order valence-corrected chi connectivity index (χ4v) is 2.27. The number of nitrogens with two attached hydrogens (primary N) is 1. The molecule has 29 heavy (non-hydrogen) atoms. The molecule has 0 saturated heterocycles. The maximum atomic E-state index is 14.0. The molecule has 0 amide bonds. The monoisotopic (exact) mass is 399 g/mol. The van der Waals surface area contributed by atoms with Gasteiger partial charge in [-0.05, 0) is 42.5 Å². The molecule has 0 unspecified atom stereocenters. The standard InChI is InChI=1S/C19H20FN5O2.C2H6/c1-26-9-10-27-16-7-5-14(6-8-16)24-19-22-12-17(20)18(25-19)23-15-4-2-3-13(21)11-15;1-2/h2-8,11-12H,9-10,21H2,1H3,(H2,22,23,24,25);1-2H3. The number of rotatable bonds is 8. The van der Waals surface area contributed by atoms with Crippen molar-refractivity contribution in [1.29, 1.82) is 0 Å². The van der Waals surface area contributed by atoms with Gasteiger partial charge in [0, 0.05) is 24.2 Å². The Balaban J connectivity index is 0.00000145. The molecule has 2 aromatic carbocycles. The van der Waals surface area contributed by atoms with Gasteiger partial charge >= 0.3 is 0 Å². The lowest BCUT2D eigenvalue weighted by Gasteiger charge is -2.10. The van der Waals surface area contributed by atoms with Crippen molar-refractivity contribution in [2.75, 3.05) is 36.7 Å². The third-order valence-electron chi connectivity index (χ3n) is 3.56. The largest absolute Gasteiger partial charge is 0.491 e. The summed E-state index contributed by atoms with van der Waals surface area (Å²) in [4.78, 5) is 8.15. The Morgan fingerprint density at radius 2 is 1.76 bits per heavy atom. The third-order valence-corrected chi connectivity index (χ3v) is 3.56. The number of hydrogen-bond donors (Lipinski definition) is 3. The second-order valence-electron chi connectivity index (χ2n) is 5.63. The van der Waals surface area contributed by atoms with Crippen LogP contribution in [-0.4, -0.2) is 30.3 Å². The first-order chi connectivity index (χ1) is 14.1. The van der Waals surface area contributed by atoms with Gasteiger partial charge in [-0.15, -0.1) is 0 Å². The van der Waals surface area contributed by atoms with Crippen LogP contribution in [0.15, 0.2) is 54.7 Å². The number of hydrogen-bond acceptors (Lipinski definition) is 7. The van der Waals surface area contributed by atoms with Crippen molar-refractivity contribution < 1.29 is 13.9 Å². The van der Waals surface area contributed by atoms with Gasteiger partial charge < -0.3 is 25.8 Å². The van der Waals surface area contributed by atoms with Gasteiger partial charge in [0.05, 0.1) is 12.8 Å². The minimum atomic E-state index is -0.565. The number of anilines is 5. The Bertz CT molecular complexity index is 890. The second kappa shape index (κ2) is 11.5. The number of ether oxygens (including phenoxy) is 2. The number of nitrogen functional groups attached to an aromatic ring is 1. The SMILES string of the molecule is CC.COCCOc1ccc(Nc2ncc(F)c(Nc3cccc(N)c3)n2)cc1. The van der Waals surface area contributed by atoms with E-state index in [4.69, 9.17) is 15.2 Å². The summed E-state index contributed by atoms with van der Waals surface area (Å²) in [5.41, 5.74) is 7.69. The number of benzene rings is 2. The van der Waals surface area contributed by atoms with E-state index < -0.39 is 5.82 Å². The van der Waals surface area contributed by atoms with Crippen LogP contribution in [0.25, 0.3) is 0 Å². The van der Waals surface area contributed by atoms with Gasteiger partial charge in [0.1, 0.15) is 12.4 Å². The highest BCUT2D eigenvalue weighted by Gasteiger charge is 2.08. The van der Waals surface area contributed by atoms with Crippen LogP contribution in [-0.2, 0) is 4.74 Å². The second-order valence-corrected chi connectivity index (χ2v) is 5.63. The number of nitrogens with one attached hydrogen (secondary N) is 2. The lowest BCUT2D eigenvalue weighted by Crippen LogP contribution is -2.05. The number of nitrogens with zero attached hydrogens (tertiary/aromatic N) is 2. The van der Waals surface area contributed by atoms with Crippen molar-refractivity contribution in [3.8, 4) is 5.75 Å². The highest BCUT2D eigenvalue weighted by atomic mass is 19.1. The quantitative estimate of drug-likeness (QED) is 0.372. The summed E-state index contributed by atoms with van der Waals surface area (Å²) >= 11 is 0. The molecule has 1 aromatic heterocycles. The van der Waals surface area contributed by atoms with E-state index in [1.54, 1.807) is 31.4 Å². The predicted octanol–water partition coefficient (Wildman–Crippen LogP) is 4.74. The first-order valence-electron chi connectivity index (χ1n) is 9.28. The molecule has 0 aliphatic carbocycles. The molecule has 3 rings (SSSR count). The summed E-state index contributed by atoms with van der Waals surface area (Å²) in [6, 6.07) is 14.2. The predicted molar refractivity (Wildman–Crippen MR) is 115 cm³/mol. The molecule has 0 atom stereocenters. The Kier molecular flexibility index (Phi) is 8.65. The number of methoxy groups -OCH3 is 1. The van der Waals surface area contributed by atoms with Crippen molar-refractivity contribution >= 4 is 28.8 Å². The van der Waals surface area contributed by atoms with Gasteiger partial charge in [0.25, 0.3) is 0 Å². The number of halogens is 1. The van der Waals surface area contributed by atoms with Crippen molar-refractivity contribution in [2.45, 2.75) is 13.8 Å². The zero-order valence-electron chi connectivity index (χ0n) is 16.8. The van der Waals surface area contributed by atoms with Crippen molar-refractivity contribution in [3.05, 3.63) is 60.5 Å². The van der Waals surface area contributed by atoms with Crippen LogP contribution in [0.3, 0.4) is 0 Å². The maximum Gasteiger partial charge on any atom is 0.229 e. The van der Waals surface area contributed by atoms with Crippen LogP contribution in [0, 0.1) is 5.82 Å². The molecule has 7 nitrogen and oxygen atoms in total. The molecule has 0 radical (unpaired) electrons. The van der Waals surface area contributed by atoms with Crippen LogP contribution in [0.2, 0.25) is 0 Å². The molecule has 8 heteroatoms. The molecule has 1 heterocycles. The highest BCUT2D eigenvalue weighted by Crippen LogP contribution is 2.22. The van der Waals surface area contributed by atoms with E-state index in [9.17, 15) is 4.39 Å². The van der Waals surface area contributed by atoms with Gasteiger partial charge in [-0.3, -0.25) is 0 Å². The van der Waals surface area contributed by atoms with Crippen LogP contribution < -0.4 is 21.1 Å². The van der Waals surface area contributed by atoms with Crippen LogP contribution in [0.5, 0.6) is 5.75 Å². The minimum Gasteiger partial charge on any atom is -0.491 e. The summed E-state index contributed by atoms with van der Waals surface area (Å²) in [6.07, 6.45) is 1.10. The van der Waals surface area contributed by atoms with Crippen LogP contribution in [0.4, 0.5) is 33.2 Å². The molecule has 0 aliphatic heterocycles. The minimum absolute atomic E-state index is 0.0534. The van der Waals surface area contributed by atoms with E-state index in [2.05, 4.69) is 20.6 Å². The van der Waals surface area contributed by atoms with Crippen molar-refractivity contribution in [3.63, 3.8) is 0 Å². The summed E-state index contributed by atoms with van der Waals surface area (Å²) < 4.78 is 24.5. The van der Waals surface area contributed by atoms with Crippen LogP contribution >= 0.6 is 0 Å². The summed E-state index contributed by atoms with van der Waals surface area (Å²) in [5.74, 6) is 0.472. The molecule has 0 aliphatic rings. The van der Waals surface area contributed by atoms with Gasteiger partial charge in [-0.2, -0.15) is 4.98 Å². The fraction of sp³-hybridized carbons (Fsp3) is 0.238. The van der Waals surface area contributed by atoms with E-state index in [-0.39, 0.29) is 11.8 Å². The van der Waals surface area contributed by atoms with E-state index >= 15 is 0 Å². The van der Waals surface area contributed by atoms with Gasteiger partial charge in [-0.25, -0.2) is 9.37 Å². The normalized spacial score (nSPS) is 9.93. The first-order valence-corrected chi connectivity index (χ1v) is 9.28. The lowest BCUT2D eigenvalue weighted by atomic mass is 10.3. The molecular weight excluding hydrogens is 373 g/mol. The Labute approximate surface area is 170 Å². The molecule has 0 spiro atoms. The topological polar surface area (TPSA) is 94.3 Å². The summed E-state index contributed by atoms with van der Waals surface area (Å²) in [5, 5.41) is 5.93. The maximum absolute atomic E-state index is 14.0. The Hall–Kier alpha value is -3.39. The molecular formula is C21H26FN5O2. The smallest absolute Gasteiger partial charge is 0.229 e. The van der Waals surface area contributed by atoms with E-state index in [0.29, 0.717) is 24.6 Å². The van der Waals surface area contributed by atoms with Crippen molar-refractivity contribution in [1.82, 2.24) is 9.97 Å². The Morgan fingerprint density at radius 1 is 1.00 bits per heavy atom. The highest BCUT2D eigenvalue weighted by molar-refractivity contribution is 5.63. The molecule has 0 saturated carbocycles. The molecule has 0 fully saturated rings. The average molecular weight is 399 g/mol. The molecule has 4 N–H and O–H groups in total. The van der Waals surface area contributed by atoms with Gasteiger partial charge in [0.15, 0.2) is 11.6 Å². The zero-order valence-corrected chi connectivity index (χ0v) is 16.8. The summed E-state index contributed by atoms with van der Waals surface area (Å²) in [6.45, 7) is 5.00. The fourth-order valence-electron chi connectivity index (χ4n) is 2.27. The van der Waals surface area contributed by atoms with E-state index in [0.717, 1.165) is 17.6 Å². The average Bonchev–Trinajstić information content (AvgIpc) is 2.73. The van der Waals surface area contributed by atoms with Crippen molar-refractivity contribution in [2.24, 2.45) is 0 Å². The lowest BCUT2D eigenvalue weighted by molar-refractivity contribution is 0.146. The van der Waals surface area contributed by atoms with E-state index in [1.807, 2.05) is 38.1 Å². The number of aromatic nitrogens is 2. The zero-order chi connectivity index (χ0) is 21.1. The van der Waals surface area contributed by atoms with Gasteiger partial charge in [-0.1, -0.05) is 19.9 Å². The summed E-state index contributed by atoms with van der Waals surface area (Å²) in [7, 11) is 1.62. The third kappa shape index (κ3) is 6.93. The molecule has 154 valence electrons. The Morgan fingerprint density at radius 3 is 2.45 bits per heavy atom. The van der Waals surface area contributed by atoms with E-state index in [1.165, 1.54) is 0 Å². The van der Waals surface area contributed by atoms with Crippen LogP contribution in [0.1, 0.15) is 13.8 Å². The first kappa shape index (κ1) is 21.9. The molecule has 3 aromatic rings.